The lowest BCUT2D eigenvalue weighted by molar-refractivity contribution is -0.145. The standard InChI is InChI=1S/C21H19N3O6S/c1-29-18(25)17-12-21(13-22)15-10-6-7-11-16(15)24(19(21)23(17)20(26)30-2)31(27,28)14-8-4-3-5-9-14/h3-11,17,19H,12H2,1-2H3/t17-,19-,21-/m0/s1. The number of rotatable bonds is 3. The number of fused-ring (bicyclic) bond motifs is 3. The lowest BCUT2D eigenvalue weighted by Gasteiger charge is -2.35. The topological polar surface area (TPSA) is 117 Å². The Labute approximate surface area is 179 Å². The zero-order valence-corrected chi connectivity index (χ0v) is 17.6. The van der Waals surface area contributed by atoms with Crippen molar-refractivity contribution >= 4 is 27.8 Å². The molecule has 31 heavy (non-hydrogen) atoms. The number of benzene rings is 2. The summed E-state index contributed by atoms with van der Waals surface area (Å²) in [6.07, 6.45) is -2.39. The highest BCUT2D eigenvalue weighted by Gasteiger charge is 2.67. The fraction of sp³-hybridized carbons (Fsp3) is 0.286. The van der Waals surface area contributed by atoms with Crippen molar-refractivity contribution in [3.63, 3.8) is 0 Å². The van der Waals surface area contributed by atoms with Gasteiger partial charge in [0, 0.05) is 12.0 Å². The molecule has 1 saturated heterocycles. The van der Waals surface area contributed by atoms with Gasteiger partial charge in [0.1, 0.15) is 17.6 Å². The van der Waals surface area contributed by atoms with Crippen molar-refractivity contribution < 1.29 is 27.5 Å². The molecular weight excluding hydrogens is 422 g/mol. The van der Waals surface area contributed by atoms with Crippen molar-refractivity contribution in [1.29, 1.82) is 5.26 Å². The van der Waals surface area contributed by atoms with Crippen LogP contribution in [0, 0.1) is 11.3 Å². The summed E-state index contributed by atoms with van der Waals surface area (Å²) < 4.78 is 38.2. The second kappa shape index (κ2) is 7.28. The van der Waals surface area contributed by atoms with Gasteiger partial charge in [-0.3, -0.25) is 4.90 Å². The van der Waals surface area contributed by atoms with Crippen molar-refractivity contribution in [2.45, 2.75) is 28.9 Å². The van der Waals surface area contributed by atoms with E-state index >= 15 is 0 Å². The lowest BCUT2D eigenvalue weighted by atomic mass is 9.79. The number of ether oxygens (including phenoxy) is 2. The molecule has 0 unspecified atom stereocenters. The SMILES string of the molecule is COC(=O)[C@@H]1C[C@]2(C#N)c3ccccc3N(S(=O)(=O)c3ccccc3)[C@@H]2N1C(=O)OC. The molecule has 2 aliphatic rings. The van der Waals surface area contributed by atoms with Gasteiger partial charge in [0.25, 0.3) is 10.0 Å². The van der Waals surface area contributed by atoms with Crippen molar-refractivity contribution in [3.8, 4) is 6.07 Å². The molecule has 2 aromatic rings. The summed E-state index contributed by atoms with van der Waals surface area (Å²) >= 11 is 0. The average Bonchev–Trinajstić information content (AvgIpc) is 3.28. The molecule has 9 nitrogen and oxygen atoms in total. The molecular formula is C21H19N3O6S. The van der Waals surface area contributed by atoms with E-state index < -0.39 is 39.7 Å². The normalized spacial score (nSPS) is 24.2. The van der Waals surface area contributed by atoms with E-state index in [9.17, 15) is 23.3 Å². The molecule has 0 aliphatic carbocycles. The number of carbonyl (C=O) groups is 2. The van der Waals surface area contributed by atoms with Gasteiger partial charge in [0.05, 0.1) is 30.9 Å². The summed E-state index contributed by atoms with van der Waals surface area (Å²) in [5.41, 5.74) is -0.789. The van der Waals surface area contributed by atoms with Crippen molar-refractivity contribution in [3.05, 3.63) is 60.2 Å². The van der Waals surface area contributed by atoms with E-state index in [1.165, 1.54) is 12.1 Å². The van der Waals surface area contributed by atoms with E-state index in [4.69, 9.17) is 9.47 Å². The maximum atomic E-state index is 13.7. The van der Waals surface area contributed by atoms with Crippen LogP contribution in [0.1, 0.15) is 12.0 Å². The van der Waals surface area contributed by atoms with Gasteiger partial charge in [-0.15, -0.1) is 0 Å². The fourth-order valence-electron chi connectivity index (χ4n) is 4.45. The van der Waals surface area contributed by atoms with Crippen LogP contribution in [0.5, 0.6) is 0 Å². The van der Waals surface area contributed by atoms with E-state index in [2.05, 4.69) is 6.07 Å². The Morgan fingerprint density at radius 1 is 1.06 bits per heavy atom. The summed E-state index contributed by atoms with van der Waals surface area (Å²) in [6.45, 7) is 0. The Morgan fingerprint density at radius 2 is 1.71 bits per heavy atom. The number of carbonyl (C=O) groups excluding carboxylic acids is 2. The van der Waals surface area contributed by atoms with Crippen LogP contribution < -0.4 is 4.31 Å². The molecule has 2 aliphatic heterocycles. The zero-order chi connectivity index (χ0) is 22.4. The van der Waals surface area contributed by atoms with Crippen molar-refractivity contribution in [2.24, 2.45) is 0 Å². The molecule has 2 heterocycles. The number of hydrogen-bond acceptors (Lipinski definition) is 7. The second-order valence-electron chi connectivity index (χ2n) is 7.21. The van der Waals surface area contributed by atoms with Crippen LogP contribution in [0.2, 0.25) is 0 Å². The first-order valence-corrected chi connectivity index (χ1v) is 10.8. The van der Waals surface area contributed by atoms with Crippen LogP contribution in [0.25, 0.3) is 0 Å². The predicted octanol–water partition coefficient (Wildman–Crippen LogP) is 2.00. The molecule has 2 aromatic carbocycles. The summed E-state index contributed by atoms with van der Waals surface area (Å²) in [5, 5.41) is 10.3. The Kier molecular flexibility index (Phi) is 4.86. The number of amides is 1. The van der Waals surface area contributed by atoms with Crippen LogP contribution in [0.3, 0.4) is 0 Å². The van der Waals surface area contributed by atoms with Crippen LogP contribution in [-0.2, 0) is 29.7 Å². The largest absolute Gasteiger partial charge is 0.467 e. The van der Waals surface area contributed by atoms with Crippen LogP contribution in [-0.4, -0.2) is 51.8 Å². The van der Waals surface area contributed by atoms with Gasteiger partial charge in [0.2, 0.25) is 0 Å². The minimum Gasteiger partial charge on any atom is -0.467 e. The Balaban J connectivity index is 2.01. The number of nitrogens with zero attached hydrogens (tertiary/aromatic N) is 3. The molecule has 1 amide bonds. The third-order valence-electron chi connectivity index (χ3n) is 5.76. The number of sulfonamides is 1. The van der Waals surface area contributed by atoms with Crippen molar-refractivity contribution in [2.75, 3.05) is 18.5 Å². The number of nitriles is 1. The highest BCUT2D eigenvalue weighted by molar-refractivity contribution is 7.92. The Hall–Kier alpha value is -3.58. The first-order chi connectivity index (χ1) is 14.8. The molecule has 3 atom stereocenters. The third kappa shape index (κ3) is 2.77. The quantitative estimate of drug-likeness (QED) is 0.669. The maximum Gasteiger partial charge on any atom is 0.411 e. The molecule has 160 valence electrons. The molecule has 1 fully saturated rings. The number of para-hydroxylation sites is 1. The van der Waals surface area contributed by atoms with Crippen LogP contribution in [0.4, 0.5) is 10.5 Å². The molecule has 0 radical (unpaired) electrons. The number of likely N-dealkylation sites (tertiary alicyclic amines) is 1. The van der Waals surface area contributed by atoms with Gasteiger partial charge in [-0.1, -0.05) is 36.4 Å². The van der Waals surface area contributed by atoms with Gasteiger partial charge >= 0.3 is 12.1 Å². The minimum absolute atomic E-state index is 0.00937. The molecule has 0 N–H and O–H groups in total. The third-order valence-corrected chi connectivity index (χ3v) is 7.54. The molecule has 0 bridgehead atoms. The van der Waals surface area contributed by atoms with E-state index in [0.29, 0.717) is 5.56 Å². The van der Waals surface area contributed by atoms with Crippen LogP contribution in [0.15, 0.2) is 59.5 Å². The molecule has 0 saturated carbocycles. The average molecular weight is 441 g/mol. The number of anilines is 1. The van der Waals surface area contributed by atoms with Gasteiger partial charge < -0.3 is 9.47 Å². The van der Waals surface area contributed by atoms with Gasteiger partial charge in [-0.25, -0.2) is 22.3 Å². The molecule has 0 spiro atoms. The minimum atomic E-state index is -4.20. The molecule has 0 aromatic heterocycles. The predicted molar refractivity (Wildman–Crippen MR) is 108 cm³/mol. The number of methoxy groups -OCH3 is 2. The van der Waals surface area contributed by atoms with E-state index in [0.717, 1.165) is 23.4 Å². The highest BCUT2D eigenvalue weighted by atomic mass is 32.2. The summed E-state index contributed by atoms with van der Waals surface area (Å²) in [4.78, 5) is 26.3. The zero-order valence-electron chi connectivity index (χ0n) is 16.8. The van der Waals surface area contributed by atoms with E-state index in [1.54, 1.807) is 42.5 Å². The number of hydrogen-bond donors (Lipinski definition) is 0. The second-order valence-corrected chi connectivity index (χ2v) is 9.02. The Bertz CT molecular complexity index is 1190. The molecule has 4 rings (SSSR count). The highest BCUT2D eigenvalue weighted by Crippen LogP contribution is 2.55. The van der Waals surface area contributed by atoms with Gasteiger partial charge in [-0.2, -0.15) is 5.26 Å². The van der Waals surface area contributed by atoms with Gasteiger partial charge in [-0.05, 0) is 18.2 Å². The lowest BCUT2D eigenvalue weighted by Crippen LogP contribution is -2.56. The fourth-order valence-corrected chi connectivity index (χ4v) is 6.14. The smallest absolute Gasteiger partial charge is 0.411 e. The van der Waals surface area contributed by atoms with Gasteiger partial charge in [0.15, 0.2) is 0 Å². The van der Waals surface area contributed by atoms with Crippen LogP contribution >= 0.6 is 0 Å². The summed E-state index contributed by atoms with van der Waals surface area (Å²) in [6, 6.07) is 15.3. The Morgan fingerprint density at radius 3 is 2.32 bits per heavy atom. The number of esters is 1. The first-order valence-electron chi connectivity index (χ1n) is 9.38. The van der Waals surface area contributed by atoms with Crippen molar-refractivity contribution in [1.82, 2.24) is 4.90 Å². The first kappa shape index (κ1) is 20.7. The van der Waals surface area contributed by atoms with E-state index in [1.807, 2.05) is 0 Å². The summed E-state index contributed by atoms with van der Waals surface area (Å²) in [5.74, 6) is -0.760. The molecule has 10 heteroatoms. The maximum absolute atomic E-state index is 13.7. The summed E-state index contributed by atoms with van der Waals surface area (Å²) in [7, 11) is -1.91. The monoisotopic (exact) mass is 441 g/mol. The van der Waals surface area contributed by atoms with E-state index in [-0.39, 0.29) is 17.0 Å².